The van der Waals surface area contributed by atoms with Crippen molar-refractivity contribution in [2.45, 2.75) is 63.5 Å². The van der Waals surface area contributed by atoms with Crippen molar-refractivity contribution in [3.8, 4) is 0 Å². The normalized spacial score (nSPS) is 34.9. The molecule has 16 heavy (non-hydrogen) atoms. The molecule has 0 amide bonds. The summed E-state index contributed by atoms with van der Waals surface area (Å²) in [6.45, 7) is 3.95. The van der Waals surface area contributed by atoms with Crippen molar-refractivity contribution in [2.24, 2.45) is 5.92 Å². The molecule has 1 aliphatic heterocycles. The van der Waals surface area contributed by atoms with E-state index in [1.165, 1.54) is 71.0 Å². The molecule has 2 heteroatoms. The molecule has 1 heterocycles. The zero-order valence-corrected chi connectivity index (χ0v) is 10.5. The van der Waals surface area contributed by atoms with Crippen LogP contribution in [0, 0.1) is 5.92 Å². The maximum atomic E-state index is 3.77. The molecule has 0 aromatic heterocycles. The highest BCUT2D eigenvalue weighted by atomic mass is 15.2. The van der Waals surface area contributed by atoms with Gasteiger partial charge in [-0.25, -0.2) is 0 Å². The van der Waals surface area contributed by atoms with Crippen molar-refractivity contribution in [3.05, 3.63) is 0 Å². The molecule has 3 rings (SSSR count). The van der Waals surface area contributed by atoms with Crippen LogP contribution in [-0.2, 0) is 0 Å². The highest BCUT2D eigenvalue weighted by Gasteiger charge is 2.34. The van der Waals surface area contributed by atoms with Crippen molar-refractivity contribution >= 4 is 0 Å². The predicted octanol–water partition coefficient (Wildman–Crippen LogP) is 2.39. The lowest BCUT2D eigenvalue weighted by Crippen LogP contribution is -2.44. The Morgan fingerprint density at radius 2 is 1.69 bits per heavy atom. The smallest absolute Gasteiger partial charge is 0.0223 e. The maximum absolute atomic E-state index is 3.77. The van der Waals surface area contributed by atoms with Gasteiger partial charge in [-0.15, -0.1) is 0 Å². The molecular formula is C14H26N2. The fourth-order valence-electron chi connectivity index (χ4n) is 3.57. The summed E-state index contributed by atoms with van der Waals surface area (Å²) in [7, 11) is 0. The molecule has 0 bridgehead atoms. The lowest BCUT2D eigenvalue weighted by Gasteiger charge is -2.35. The van der Waals surface area contributed by atoms with Crippen molar-refractivity contribution in [3.63, 3.8) is 0 Å². The molecule has 0 spiro atoms. The summed E-state index contributed by atoms with van der Waals surface area (Å²) < 4.78 is 0. The third-order valence-electron chi connectivity index (χ3n) is 4.74. The third-order valence-corrected chi connectivity index (χ3v) is 4.74. The fraction of sp³-hybridized carbons (Fsp3) is 1.00. The summed E-state index contributed by atoms with van der Waals surface area (Å²) >= 11 is 0. The van der Waals surface area contributed by atoms with Gasteiger partial charge in [0.2, 0.25) is 0 Å². The van der Waals surface area contributed by atoms with E-state index in [2.05, 4.69) is 10.2 Å². The summed E-state index contributed by atoms with van der Waals surface area (Å²) in [6.07, 6.45) is 11.7. The highest BCUT2D eigenvalue weighted by molar-refractivity contribution is 4.91. The highest BCUT2D eigenvalue weighted by Crippen LogP contribution is 2.34. The predicted molar refractivity (Wildman–Crippen MR) is 67.6 cm³/mol. The topological polar surface area (TPSA) is 15.3 Å². The lowest BCUT2D eigenvalue weighted by molar-refractivity contribution is 0.150. The third kappa shape index (κ3) is 2.60. The molecule has 2 nitrogen and oxygen atoms in total. The van der Waals surface area contributed by atoms with Crippen LogP contribution >= 0.6 is 0 Å². The van der Waals surface area contributed by atoms with Crippen LogP contribution in [-0.4, -0.2) is 36.6 Å². The molecule has 3 aliphatic rings. The largest absolute Gasteiger partial charge is 0.312 e. The summed E-state index contributed by atoms with van der Waals surface area (Å²) in [5.41, 5.74) is 0. The van der Waals surface area contributed by atoms with Gasteiger partial charge in [-0.2, -0.15) is 0 Å². The van der Waals surface area contributed by atoms with Gasteiger partial charge in [0, 0.05) is 18.6 Å². The van der Waals surface area contributed by atoms with E-state index in [1.807, 2.05) is 0 Å². The maximum Gasteiger partial charge on any atom is 0.0223 e. The minimum atomic E-state index is 0.824. The van der Waals surface area contributed by atoms with Gasteiger partial charge < -0.3 is 5.32 Å². The number of rotatable bonds is 2. The van der Waals surface area contributed by atoms with E-state index in [1.54, 1.807) is 0 Å². The standard InChI is InChI=1S/C14H26N2/c1-2-5-13(6-3-1)16-10-4-9-15-14(11-16)12-7-8-12/h12-15H,1-11H2. The molecular weight excluding hydrogens is 196 g/mol. The van der Waals surface area contributed by atoms with Crippen LogP contribution in [0.4, 0.5) is 0 Å². The molecule has 1 N–H and O–H groups in total. The molecule has 2 saturated carbocycles. The van der Waals surface area contributed by atoms with Gasteiger partial charge in [0.25, 0.3) is 0 Å². The lowest BCUT2D eigenvalue weighted by atomic mass is 9.93. The summed E-state index contributed by atoms with van der Waals surface area (Å²) in [6, 6.07) is 1.75. The van der Waals surface area contributed by atoms with E-state index in [0.29, 0.717) is 0 Å². The van der Waals surface area contributed by atoms with Crippen molar-refractivity contribution < 1.29 is 0 Å². The van der Waals surface area contributed by atoms with Gasteiger partial charge in [0.05, 0.1) is 0 Å². The molecule has 0 aromatic rings. The van der Waals surface area contributed by atoms with Gasteiger partial charge in [-0.05, 0) is 51.1 Å². The second-order valence-corrected chi connectivity index (χ2v) is 6.04. The Bertz CT molecular complexity index is 219. The van der Waals surface area contributed by atoms with Crippen LogP contribution in [0.3, 0.4) is 0 Å². The molecule has 0 radical (unpaired) electrons. The molecule has 0 aromatic carbocycles. The average Bonchev–Trinajstić information content (AvgIpc) is 3.16. The van der Waals surface area contributed by atoms with Crippen LogP contribution in [0.5, 0.6) is 0 Å². The van der Waals surface area contributed by atoms with Crippen molar-refractivity contribution in [1.29, 1.82) is 0 Å². The Hall–Kier alpha value is -0.0800. The number of nitrogens with one attached hydrogen (secondary N) is 1. The first-order valence-corrected chi connectivity index (χ1v) is 7.41. The van der Waals surface area contributed by atoms with Crippen LogP contribution in [0.2, 0.25) is 0 Å². The second-order valence-electron chi connectivity index (χ2n) is 6.04. The van der Waals surface area contributed by atoms with Gasteiger partial charge in [0.1, 0.15) is 0 Å². The molecule has 1 unspecified atom stereocenters. The Kier molecular flexibility index (Phi) is 3.49. The SMILES string of the molecule is C1CCC(N2CCCNC(C3CC3)C2)CC1. The van der Waals surface area contributed by atoms with Gasteiger partial charge in [-0.1, -0.05) is 19.3 Å². The molecule has 1 atom stereocenters. The Labute approximate surface area is 99.8 Å². The first-order valence-electron chi connectivity index (χ1n) is 7.41. The van der Waals surface area contributed by atoms with E-state index in [0.717, 1.165) is 18.0 Å². The Morgan fingerprint density at radius 1 is 0.875 bits per heavy atom. The summed E-state index contributed by atoms with van der Waals surface area (Å²) in [5, 5.41) is 3.77. The molecule has 92 valence electrons. The minimum Gasteiger partial charge on any atom is -0.312 e. The minimum absolute atomic E-state index is 0.824. The average molecular weight is 222 g/mol. The van der Waals surface area contributed by atoms with E-state index in [-0.39, 0.29) is 0 Å². The van der Waals surface area contributed by atoms with Crippen LogP contribution in [0.15, 0.2) is 0 Å². The zero-order valence-electron chi connectivity index (χ0n) is 10.5. The van der Waals surface area contributed by atoms with E-state index >= 15 is 0 Å². The first kappa shape index (κ1) is 11.0. The Morgan fingerprint density at radius 3 is 2.44 bits per heavy atom. The molecule has 3 fully saturated rings. The van der Waals surface area contributed by atoms with Gasteiger partial charge in [0.15, 0.2) is 0 Å². The molecule has 2 aliphatic carbocycles. The summed E-state index contributed by atoms with van der Waals surface area (Å²) in [4.78, 5) is 2.82. The van der Waals surface area contributed by atoms with E-state index in [4.69, 9.17) is 0 Å². The quantitative estimate of drug-likeness (QED) is 0.772. The Balaban J connectivity index is 1.58. The molecule has 1 saturated heterocycles. The number of hydrogen-bond acceptors (Lipinski definition) is 2. The van der Waals surface area contributed by atoms with Gasteiger partial charge >= 0.3 is 0 Å². The van der Waals surface area contributed by atoms with Crippen molar-refractivity contribution in [2.75, 3.05) is 19.6 Å². The fourth-order valence-corrected chi connectivity index (χ4v) is 3.57. The van der Waals surface area contributed by atoms with E-state index < -0.39 is 0 Å². The van der Waals surface area contributed by atoms with E-state index in [9.17, 15) is 0 Å². The summed E-state index contributed by atoms with van der Waals surface area (Å²) in [5.74, 6) is 1.02. The first-order chi connectivity index (χ1) is 7.93. The second kappa shape index (κ2) is 5.05. The van der Waals surface area contributed by atoms with Crippen LogP contribution in [0.25, 0.3) is 0 Å². The monoisotopic (exact) mass is 222 g/mol. The van der Waals surface area contributed by atoms with Crippen LogP contribution in [0.1, 0.15) is 51.4 Å². The van der Waals surface area contributed by atoms with Gasteiger partial charge in [-0.3, -0.25) is 4.90 Å². The zero-order chi connectivity index (χ0) is 10.8. The number of hydrogen-bond donors (Lipinski definition) is 1. The van der Waals surface area contributed by atoms with Crippen molar-refractivity contribution in [1.82, 2.24) is 10.2 Å². The number of nitrogens with zero attached hydrogens (tertiary/aromatic N) is 1. The van der Waals surface area contributed by atoms with Crippen LogP contribution < -0.4 is 5.32 Å².